The van der Waals surface area contributed by atoms with Crippen LogP contribution in [0.25, 0.3) is 0 Å². The number of nitrogens with zero attached hydrogens (tertiary/aromatic N) is 3. The van der Waals surface area contributed by atoms with Crippen molar-refractivity contribution < 1.29 is 18.7 Å². The minimum Gasteiger partial charge on any atom is -0.486 e. The molecule has 0 spiro atoms. The van der Waals surface area contributed by atoms with E-state index in [1.807, 2.05) is 6.08 Å². The smallest absolute Gasteiger partial charge is 0.256 e. The Labute approximate surface area is 228 Å². The van der Waals surface area contributed by atoms with E-state index in [9.17, 15) is 14.0 Å². The molecule has 1 aliphatic carbocycles. The predicted molar refractivity (Wildman–Crippen MR) is 149 cm³/mol. The summed E-state index contributed by atoms with van der Waals surface area (Å²) >= 11 is 0. The minimum atomic E-state index is -0.475. The van der Waals surface area contributed by atoms with Gasteiger partial charge >= 0.3 is 0 Å². The zero-order chi connectivity index (χ0) is 27.6. The molecule has 2 aromatic rings. The van der Waals surface area contributed by atoms with E-state index < -0.39 is 5.82 Å². The summed E-state index contributed by atoms with van der Waals surface area (Å²) in [7, 11) is 0. The van der Waals surface area contributed by atoms with Crippen LogP contribution in [0.1, 0.15) is 49.9 Å². The van der Waals surface area contributed by atoms with Crippen LogP contribution in [0.4, 0.5) is 21.8 Å². The normalized spacial score (nSPS) is 19.7. The molecule has 4 N–H and O–H groups in total. The van der Waals surface area contributed by atoms with Gasteiger partial charge in [0.1, 0.15) is 18.0 Å². The van der Waals surface area contributed by atoms with Crippen molar-refractivity contribution in [1.29, 1.82) is 0 Å². The molecule has 4 rings (SSSR count). The molecule has 0 radical (unpaired) electrons. The van der Waals surface area contributed by atoms with Gasteiger partial charge in [0.25, 0.3) is 5.91 Å². The Bertz CT molecular complexity index is 1160. The first-order valence-electron chi connectivity index (χ1n) is 13.7. The van der Waals surface area contributed by atoms with Crippen LogP contribution >= 0.6 is 0 Å². The molecule has 2 amide bonds. The lowest BCUT2D eigenvalue weighted by atomic mass is 9.85. The van der Waals surface area contributed by atoms with E-state index >= 15 is 0 Å². The maximum absolute atomic E-state index is 14.2. The van der Waals surface area contributed by atoms with Gasteiger partial charge in [0.2, 0.25) is 11.9 Å². The first-order valence-corrected chi connectivity index (χ1v) is 13.7. The molecular weight excluding hydrogens is 501 g/mol. The zero-order valence-electron chi connectivity index (χ0n) is 22.6. The highest BCUT2D eigenvalue weighted by Gasteiger charge is 2.28. The van der Waals surface area contributed by atoms with E-state index in [4.69, 9.17) is 4.74 Å². The summed E-state index contributed by atoms with van der Waals surface area (Å²) in [6.45, 7) is 8.32. The molecule has 1 aromatic carbocycles. The number of hydrogen-bond acceptors (Lipinski definition) is 8. The van der Waals surface area contributed by atoms with Crippen LogP contribution in [0.2, 0.25) is 0 Å². The largest absolute Gasteiger partial charge is 0.486 e. The molecule has 2 aliphatic rings. The average Bonchev–Trinajstić information content (AvgIpc) is 2.95. The van der Waals surface area contributed by atoms with Gasteiger partial charge < -0.3 is 30.9 Å². The number of halogens is 1. The van der Waals surface area contributed by atoms with Gasteiger partial charge in [-0.15, -0.1) is 0 Å². The van der Waals surface area contributed by atoms with Crippen LogP contribution in [-0.2, 0) is 4.79 Å². The monoisotopic (exact) mass is 539 g/mol. The number of hydrogen-bond donors (Lipinski definition) is 4. The maximum atomic E-state index is 14.2. The van der Waals surface area contributed by atoms with E-state index in [0.717, 1.165) is 32.5 Å². The first-order chi connectivity index (χ1) is 19.0. The van der Waals surface area contributed by atoms with E-state index in [-0.39, 0.29) is 41.7 Å². The number of aromatic nitrogens is 2. The second-order valence-corrected chi connectivity index (χ2v) is 9.73. The number of amides is 2. The van der Waals surface area contributed by atoms with Gasteiger partial charge in [-0.3, -0.25) is 9.59 Å². The van der Waals surface area contributed by atoms with Crippen molar-refractivity contribution in [3.63, 3.8) is 0 Å². The Balaban J connectivity index is 1.38. The van der Waals surface area contributed by atoms with E-state index in [1.54, 1.807) is 12.1 Å². The third-order valence-electron chi connectivity index (χ3n) is 7.16. The fourth-order valence-electron chi connectivity index (χ4n) is 4.78. The van der Waals surface area contributed by atoms with Crippen LogP contribution in [0, 0.1) is 11.7 Å². The van der Waals surface area contributed by atoms with Gasteiger partial charge in [0.15, 0.2) is 11.6 Å². The predicted octanol–water partition coefficient (Wildman–Crippen LogP) is 3.47. The summed E-state index contributed by atoms with van der Waals surface area (Å²) in [5.74, 6) is 0.0332. The van der Waals surface area contributed by atoms with Crippen molar-refractivity contribution in [2.24, 2.45) is 5.92 Å². The number of fused-ring (bicyclic) bond motifs is 4. The average molecular weight is 540 g/mol. The van der Waals surface area contributed by atoms with Crippen molar-refractivity contribution in [2.45, 2.75) is 45.6 Å². The third-order valence-corrected chi connectivity index (χ3v) is 7.16. The van der Waals surface area contributed by atoms with Crippen molar-refractivity contribution in [3.8, 4) is 5.75 Å². The second kappa shape index (κ2) is 13.9. The summed E-state index contributed by atoms with van der Waals surface area (Å²) in [6.07, 6.45) is 7.96. The highest BCUT2D eigenvalue weighted by molar-refractivity contribution is 5.99. The molecule has 1 aliphatic heterocycles. The van der Waals surface area contributed by atoms with Crippen LogP contribution in [0.3, 0.4) is 0 Å². The Morgan fingerprint density at radius 3 is 2.72 bits per heavy atom. The molecule has 0 saturated heterocycles. The molecule has 0 atom stereocenters. The van der Waals surface area contributed by atoms with Crippen molar-refractivity contribution in [2.75, 3.05) is 50.0 Å². The number of likely N-dealkylation sites (N-methyl/N-ethyl adjacent to an activating group) is 1. The van der Waals surface area contributed by atoms with Crippen LogP contribution < -0.4 is 26.0 Å². The summed E-state index contributed by atoms with van der Waals surface area (Å²) < 4.78 is 19.7. The van der Waals surface area contributed by atoms with Gasteiger partial charge in [-0.05, 0) is 57.0 Å². The van der Waals surface area contributed by atoms with Crippen molar-refractivity contribution in [3.05, 3.63) is 47.9 Å². The molecule has 1 saturated carbocycles. The number of benzene rings is 1. The van der Waals surface area contributed by atoms with Crippen LogP contribution in [0.5, 0.6) is 5.75 Å². The van der Waals surface area contributed by atoms with Gasteiger partial charge in [-0.25, -0.2) is 9.37 Å². The van der Waals surface area contributed by atoms with Crippen molar-refractivity contribution >= 4 is 29.3 Å². The lowest BCUT2D eigenvalue weighted by Gasteiger charge is -2.29. The number of rotatable bonds is 8. The van der Waals surface area contributed by atoms with Gasteiger partial charge in [0.05, 0.1) is 0 Å². The Morgan fingerprint density at radius 1 is 1.15 bits per heavy atom. The molecule has 1 aromatic heterocycles. The van der Waals surface area contributed by atoms with Crippen LogP contribution in [0.15, 0.2) is 36.5 Å². The molecule has 10 nitrogen and oxygen atoms in total. The molecule has 0 unspecified atom stereocenters. The highest BCUT2D eigenvalue weighted by Crippen LogP contribution is 2.28. The quantitative estimate of drug-likeness (QED) is 0.377. The Hall–Kier alpha value is -3.73. The molecule has 210 valence electrons. The first kappa shape index (κ1) is 28.3. The van der Waals surface area contributed by atoms with Gasteiger partial charge in [-0.2, -0.15) is 4.98 Å². The van der Waals surface area contributed by atoms with E-state index in [0.29, 0.717) is 43.4 Å². The highest BCUT2D eigenvalue weighted by atomic mass is 19.1. The minimum absolute atomic E-state index is 0.0349. The lowest BCUT2D eigenvalue weighted by molar-refractivity contribution is -0.126. The lowest BCUT2D eigenvalue weighted by Crippen LogP contribution is -2.42. The Kier molecular flexibility index (Phi) is 10.1. The third kappa shape index (κ3) is 7.89. The number of carbonyl (C=O) groups excluding carboxylic acids is 2. The fraction of sp³-hybridized carbons (Fsp3) is 0.500. The molecule has 4 bridgehead atoms. The molecule has 39 heavy (non-hydrogen) atoms. The molecule has 11 heteroatoms. The molecule has 2 heterocycles. The van der Waals surface area contributed by atoms with Gasteiger partial charge in [-0.1, -0.05) is 19.9 Å². The fourth-order valence-corrected chi connectivity index (χ4v) is 4.78. The SMILES string of the molecule is CCN(CC)CCNC(=O)C1CCC(NC(=O)c2cnc3nc2Nc2ccc(F)c(c2)OC/C=C\CN3)CC1. The molecule has 1 fully saturated rings. The van der Waals surface area contributed by atoms with Gasteiger partial charge in [0, 0.05) is 49.5 Å². The Morgan fingerprint density at radius 2 is 1.95 bits per heavy atom. The number of nitrogens with one attached hydrogen (secondary N) is 4. The standard InChI is InChI=1S/C28H38FN7O3/c1-3-36(4-2)15-14-30-26(37)19-7-9-20(10-8-19)34-27(38)22-18-32-28-31-13-5-6-16-39-24-17-21(11-12-23(24)29)33-25(22)35-28/h5-6,11-12,17-20H,3-4,7-10,13-16H2,1-2H3,(H,30,37)(H,34,38)(H2,31,32,33,35)/b6-5-. The number of carbonyl (C=O) groups is 2. The second-order valence-electron chi connectivity index (χ2n) is 9.73. The summed E-state index contributed by atoms with van der Waals surface area (Å²) in [6, 6.07) is 4.35. The summed E-state index contributed by atoms with van der Waals surface area (Å²) in [4.78, 5) is 37.0. The summed E-state index contributed by atoms with van der Waals surface area (Å²) in [5.41, 5.74) is 0.801. The van der Waals surface area contributed by atoms with Crippen LogP contribution in [-0.4, -0.2) is 72.1 Å². The van der Waals surface area contributed by atoms with E-state index in [2.05, 4.69) is 50.0 Å². The van der Waals surface area contributed by atoms with Crippen molar-refractivity contribution in [1.82, 2.24) is 25.5 Å². The zero-order valence-corrected chi connectivity index (χ0v) is 22.6. The van der Waals surface area contributed by atoms with E-state index in [1.165, 1.54) is 18.3 Å². The maximum Gasteiger partial charge on any atom is 0.256 e. The summed E-state index contributed by atoms with van der Waals surface area (Å²) in [5, 5.41) is 12.3. The topological polar surface area (TPSA) is 121 Å². The number of ether oxygens (including phenoxy) is 1. The molecular formula is C28H38FN7O3. The number of anilines is 3.